The lowest BCUT2D eigenvalue weighted by atomic mass is 9.76. The van der Waals surface area contributed by atoms with E-state index in [9.17, 15) is 14.4 Å². The quantitative estimate of drug-likeness (QED) is 0.221. The Balaban J connectivity index is 5.23. The van der Waals surface area contributed by atoms with Gasteiger partial charge in [0.05, 0.1) is 26.4 Å². The van der Waals surface area contributed by atoms with Crippen molar-refractivity contribution in [1.29, 1.82) is 0 Å². The first kappa shape index (κ1) is 16.6. The van der Waals surface area contributed by atoms with Crippen molar-refractivity contribution < 1.29 is 39.9 Å². The van der Waals surface area contributed by atoms with Crippen molar-refractivity contribution in [3.8, 4) is 0 Å². The number of aliphatic carboxylic acids is 1. The highest BCUT2D eigenvalue weighted by Gasteiger charge is 2.46. The number of Topliss-reactive ketones (excluding diaryl/α,β-unsaturated/α-hetero) is 1. The third-order valence-electron chi connectivity index (χ3n) is 2.90. The molecule has 0 saturated heterocycles. The standard InChI is InChI=1S/C10H16O8/c11-2-9(3-12,8(17)18)1-7(16)10(4-13,5-14)6-15/h4,11-12,14-15H,1-3,5-6H2,(H,17,18). The van der Waals surface area contributed by atoms with Gasteiger partial charge in [0, 0.05) is 6.42 Å². The van der Waals surface area contributed by atoms with Gasteiger partial charge in [0.15, 0.2) is 5.78 Å². The molecule has 0 amide bonds. The van der Waals surface area contributed by atoms with Crippen LogP contribution in [0.3, 0.4) is 0 Å². The maximum absolute atomic E-state index is 11.8. The number of carboxylic acids is 1. The van der Waals surface area contributed by atoms with Gasteiger partial charge < -0.3 is 30.3 Å². The van der Waals surface area contributed by atoms with Crippen molar-refractivity contribution in [2.45, 2.75) is 6.42 Å². The zero-order valence-electron chi connectivity index (χ0n) is 9.57. The van der Waals surface area contributed by atoms with E-state index >= 15 is 0 Å². The number of carbonyl (C=O) groups excluding carboxylic acids is 2. The average Bonchev–Trinajstić information content (AvgIpc) is 2.38. The van der Waals surface area contributed by atoms with Crippen LogP contribution in [0.2, 0.25) is 0 Å². The fraction of sp³-hybridized carbons (Fsp3) is 0.700. The minimum atomic E-state index is -2.14. The normalized spacial score (nSPS) is 12.2. The van der Waals surface area contributed by atoms with Gasteiger partial charge in [-0.3, -0.25) is 9.59 Å². The summed E-state index contributed by atoms with van der Waals surface area (Å²) in [6, 6.07) is 0. The van der Waals surface area contributed by atoms with Crippen molar-refractivity contribution in [3.63, 3.8) is 0 Å². The van der Waals surface area contributed by atoms with Crippen LogP contribution in [0, 0.1) is 10.8 Å². The van der Waals surface area contributed by atoms with Gasteiger partial charge in [-0.1, -0.05) is 0 Å². The highest BCUT2D eigenvalue weighted by atomic mass is 16.4. The minimum Gasteiger partial charge on any atom is -0.481 e. The molecule has 0 aromatic rings. The van der Waals surface area contributed by atoms with Crippen LogP contribution in [0.1, 0.15) is 6.42 Å². The van der Waals surface area contributed by atoms with Gasteiger partial charge >= 0.3 is 5.97 Å². The summed E-state index contributed by atoms with van der Waals surface area (Å²) in [5.74, 6) is -2.68. The molecule has 104 valence electrons. The van der Waals surface area contributed by atoms with Crippen LogP contribution in [-0.2, 0) is 14.4 Å². The monoisotopic (exact) mass is 264 g/mol. The molecular formula is C10H16O8. The predicted molar refractivity (Wildman–Crippen MR) is 56.5 cm³/mol. The molecule has 0 heterocycles. The summed E-state index contributed by atoms with van der Waals surface area (Å²) >= 11 is 0. The topological polar surface area (TPSA) is 152 Å². The van der Waals surface area contributed by atoms with E-state index in [1.165, 1.54) is 0 Å². The SMILES string of the molecule is O=CC(CO)(CO)C(=O)CC(CO)(CO)C(=O)O. The number of carboxylic acid groups (broad SMARTS) is 1. The Morgan fingerprint density at radius 2 is 1.39 bits per heavy atom. The second kappa shape index (κ2) is 6.55. The number of aliphatic hydroxyl groups excluding tert-OH is 4. The Bertz CT molecular complexity index is 316. The molecule has 0 rings (SSSR count). The Labute approximate surface area is 102 Å². The van der Waals surface area contributed by atoms with Crippen molar-refractivity contribution in [2.75, 3.05) is 26.4 Å². The summed E-state index contributed by atoms with van der Waals surface area (Å²) in [4.78, 5) is 33.4. The summed E-state index contributed by atoms with van der Waals surface area (Å²) in [7, 11) is 0. The molecule has 0 bridgehead atoms. The van der Waals surface area contributed by atoms with Gasteiger partial charge in [0.1, 0.15) is 17.1 Å². The molecule has 0 spiro atoms. The van der Waals surface area contributed by atoms with Crippen LogP contribution in [0.25, 0.3) is 0 Å². The molecule has 0 unspecified atom stereocenters. The van der Waals surface area contributed by atoms with Crippen LogP contribution in [0.5, 0.6) is 0 Å². The second-order valence-corrected chi connectivity index (χ2v) is 4.09. The molecule has 0 aromatic heterocycles. The van der Waals surface area contributed by atoms with E-state index in [0.717, 1.165) is 0 Å². The van der Waals surface area contributed by atoms with Crippen LogP contribution in [-0.4, -0.2) is 70.0 Å². The molecule has 18 heavy (non-hydrogen) atoms. The van der Waals surface area contributed by atoms with Crippen LogP contribution in [0.15, 0.2) is 0 Å². The summed E-state index contributed by atoms with van der Waals surface area (Å²) in [5.41, 5.74) is -4.26. The molecule has 0 aromatic carbocycles. The van der Waals surface area contributed by atoms with Crippen molar-refractivity contribution in [1.82, 2.24) is 0 Å². The smallest absolute Gasteiger partial charge is 0.314 e. The van der Waals surface area contributed by atoms with E-state index < -0.39 is 55.4 Å². The summed E-state index contributed by atoms with van der Waals surface area (Å²) in [5, 5.41) is 44.7. The first-order valence-corrected chi connectivity index (χ1v) is 5.04. The first-order valence-electron chi connectivity index (χ1n) is 5.04. The fourth-order valence-corrected chi connectivity index (χ4v) is 1.22. The van der Waals surface area contributed by atoms with Gasteiger partial charge in [0.25, 0.3) is 0 Å². The van der Waals surface area contributed by atoms with E-state index in [-0.39, 0.29) is 6.29 Å². The molecule has 0 aliphatic carbocycles. The molecular weight excluding hydrogens is 248 g/mol. The second-order valence-electron chi connectivity index (χ2n) is 4.09. The molecule has 0 radical (unpaired) electrons. The lowest BCUT2D eigenvalue weighted by Crippen LogP contribution is -2.47. The van der Waals surface area contributed by atoms with E-state index in [1.807, 2.05) is 0 Å². The third kappa shape index (κ3) is 2.91. The Hall–Kier alpha value is -1.35. The molecule has 8 nitrogen and oxygen atoms in total. The number of aliphatic hydroxyl groups is 4. The van der Waals surface area contributed by atoms with Gasteiger partial charge in [-0.2, -0.15) is 0 Å². The van der Waals surface area contributed by atoms with Crippen LogP contribution in [0.4, 0.5) is 0 Å². The Kier molecular flexibility index (Phi) is 6.06. The highest BCUT2D eigenvalue weighted by molar-refractivity contribution is 6.00. The number of hydrogen-bond donors (Lipinski definition) is 5. The Morgan fingerprint density at radius 3 is 1.61 bits per heavy atom. The van der Waals surface area contributed by atoms with E-state index in [4.69, 9.17) is 25.5 Å². The average molecular weight is 264 g/mol. The van der Waals surface area contributed by atoms with Crippen molar-refractivity contribution in [2.24, 2.45) is 10.8 Å². The van der Waals surface area contributed by atoms with Gasteiger partial charge in [-0.15, -0.1) is 0 Å². The van der Waals surface area contributed by atoms with Crippen LogP contribution < -0.4 is 0 Å². The van der Waals surface area contributed by atoms with E-state index in [2.05, 4.69) is 0 Å². The third-order valence-corrected chi connectivity index (χ3v) is 2.90. The minimum absolute atomic E-state index is 0.0245. The van der Waals surface area contributed by atoms with E-state index in [1.54, 1.807) is 0 Å². The molecule has 8 heteroatoms. The molecule has 0 aliphatic heterocycles. The number of carbonyl (C=O) groups is 3. The van der Waals surface area contributed by atoms with Gasteiger partial charge in [-0.05, 0) is 0 Å². The number of hydrogen-bond acceptors (Lipinski definition) is 7. The molecule has 0 aliphatic rings. The maximum Gasteiger partial charge on any atom is 0.314 e. The van der Waals surface area contributed by atoms with Crippen molar-refractivity contribution >= 4 is 18.0 Å². The number of aldehydes is 1. The molecule has 5 N–H and O–H groups in total. The molecule has 0 saturated carbocycles. The maximum atomic E-state index is 11.8. The van der Waals surface area contributed by atoms with Crippen molar-refractivity contribution in [3.05, 3.63) is 0 Å². The lowest BCUT2D eigenvalue weighted by molar-refractivity contribution is -0.161. The molecule has 0 fully saturated rings. The fourth-order valence-electron chi connectivity index (χ4n) is 1.22. The summed E-state index contributed by atoms with van der Waals surface area (Å²) in [6.45, 7) is -4.01. The molecule has 0 atom stereocenters. The number of rotatable bonds is 9. The van der Waals surface area contributed by atoms with Gasteiger partial charge in [-0.25, -0.2) is 0 Å². The van der Waals surface area contributed by atoms with Crippen LogP contribution >= 0.6 is 0 Å². The lowest BCUT2D eigenvalue weighted by Gasteiger charge is -2.28. The zero-order chi connectivity index (χ0) is 14.4. The zero-order valence-corrected chi connectivity index (χ0v) is 9.57. The van der Waals surface area contributed by atoms with Gasteiger partial charge in [0.2, 0.25) is 0 Å². The van der Waals surface area contributed by atoms with E-state index in [0.29, 0.717) is 0 Å². The first-order chi connectivity index (χ1) is 8.37. The summed E-state index contributed by atoms with van der Waals surface area (Å²) in [6.07, 6.45) is -0.855. The number of ketones is 1. The Morgan fingerprint density at radius 1 is 0.944 bits per heavy atom. The predicted octanol–water partition coefficient (Wildman–Crippen LogP) is -2.83. The summed E-state index contributed by atoms with van der Waals surface area (Å²) < 4.78 is 0. The largest absolute Gasteiger partial charge is 0.481 e. The highest BCUT2D eigenvalue weighted by Crippen LogP contribution is 2.27.